The highest BCUT2D eigenvalue weighted by atomic mass is 35.5. The van der Waals surface area contributed by atoms with Gasteiger partial charge >= 0.3 is 5.97 Å². The zero-order valence-electron chi connectivity index (χ0n) is 12.0. The van der Waals surface area contributed by atoms with Crippen molar-refractivity contribution in [3.05, 3.63) is 34.6 Å². The molecule has 0 radical (unpaired) electrons. The fourth-order valence-corrected chi connectivity index (χ4v) is 3.57. The van der Waals surface area contributed by atoms with Crippen molar-refractivity contribution in [1.29, 1.82) is 0 Å². The molecule has 0 bridgehead atoms. The van der Waals surface area contributed by atoms with Crippen molar-refractivity contribution >= 4 is 23.5 Å². The zero-order chi connectivity index (χ0) is 15.9. The molecule has 1 N–H and O–H groups in total. The lowest BCUT2D eigenvalue weighted by Gasteiger charge is -2.31. The maximum Gasteiger partial charge on any atom is 0.308 e. The Morgan fingerprint density at radius 3 is 2.82 bits per heavy atom. The van der Waals surface area contributed by atoms with Gasteiger partial charge in [-0.15, -0.1) is 0 Å². The molecular weight excluding hydrogens is 309 g/mol. The number of aliphatic carboxylic acids is 1. The fourth-order valence-electron chi connectivity index (χ4n) is 3.27. The molecule has 1 amide bonds. The summed E-state index contributed by atoms with van der Waals surface area (Å²) in [5.41, 5.74) is 0.411. The molecule has 4 nitrogen and oxygen atoms in total. The molecule has 1 aliphatic carbocycles. The molecule has 0 aromatic heterocycles. The van der Waals surface area contributed by atoms with Crippen molar-refractivity contribution in [1.82, 2.24) is 4.90 Å². The van der Waals surface area contributed by atoms with Crippen LogP contribution >= 0.6 is 11.6 Å². The predicted octanol–water partition coefficient (Wildman–Crippen LogP) is 2.91. The third-order valence-corrected chi connectivity index (χ3v) is 4.89. The standard InChI is InChI=1S/C16H17ClFNO3/c17-12-4-1-5-13(18)14(12)10-7-11(10)15(20)19-6-2-3-9(8-19)16(21)22/h1,4-5,9-11H,2-3,6-8H2,(H,21,22)/t9-,10+,11+/m0/s1. The van der Waals surface area contributed by atoms with Gasteiger partial charge in [-0.2, -0.15) is 0 Å². The first-order chi connectivity index (χ1) is 10.5. The Morgan fingerprint density at radius 1 is 1.36 bits per heavy atom. The van der Waals surface area contributed by atoms with Crippen LogP contribution in [0.25, 0.3) is 0 Å². The number of amides is 1. The molecule has 2 fully saturated rings. The van der Waals surface area contributed by atoms with Gasteiger partial charge in [-0.3, -0.25) is 9.59 Å². The lowest BCUT2D eigenvalue weighted by atomic mass is 9.97. The lowest BCUT2D eigenvalue weighted by Crippen LogP contribution is -2.43. The van der Waals surface area contributed by atoms with Gasteiger partial charge in [0.15, 0.2) is 0 Å². The van der Waals surface area contributed by atoms with Gasteiger partial charge in [-0.25, -0.2) is 4.39 Å². The number of rotatable bonds is 3. The largest absolute Gasteiger partial charge is 0.481 e. The van der Waals surface area contributed by atoms with Gasteiger partial charge in [-0.05, 0) is 31.4 Å². The second-order valence-electron chi connectivity index (χ2n) is 6.05. The van der Waals surface area contributed by atoms with E-state index in [9.17, 15) is 14.0 Å². The first kappa shape index (κ1) is 15.3. The number of hydrogen-bond donors (Lipinski definition) is 1. The number of carbonyl (C=O) groups is 2. The van der Waals surface area contributed by atoms with Crippen molar-refractivity contribution in [2.75, 3.05) is 13.1 Å². The van der Waals surface area contributed by atoms with E-state index in [4.69, 9.17) is 16.7 Å². The maximum absolute atomic E-state index is 13.9. The van der Waals surface area contributed by atoms with Gasteiger partial charge in [0.1, 0.15) is 5.82 Å². The number of benzene rings is 1. The number of hydrogen-bond acceptors (Lipinski definition) is 2. The molecule has 3 rings (SSSR count). The second kappa shape index (κ2) is 5.88. The van der Waals surface area contributed by atoms with Crippen LogP contribution in [0.3, 0.4) is 0 Å². The van der Waals surface area contributed by atoms with Gasteiger partial charge in [0, 0.05) is 35.5 Å². The number of carbonyl (C=O) groups excluding carboxylic acids is 1. The van der Waals surface area contributed by atoms with Crippen LogP contribution in [-0.4, -0.2) is 35.0 Å². The Kier molecular flexibility index (Phi) is 4.08. The van der Waals surface area contributed by atoms with E-state index in [1.165, 1.54) is 6.07 Å². The molecule has 22 heavy (non-hydrogen) atoms. The number of piperidine rings is 1. The van der Waals surface area contributed by atoms with Crippen molar-refractivity contribution in [3.8, 4) is 0 Å². The van der Waals surface area contributed by atoms with Gasteiger partial charge < -0.3 is 10.0 Å². The minimum atomic E-state index is -0.859. The van der Waals surface area contributed by atoms with Crippen molar-refractivity contribution in [2.24, 2.45) is 11.8 Å². The van der Waals surface area contributed by atoms with E-state index >= 15 is 0 Å². The van der Waals surface area contributed by atoms with Crippen LogP contribution in [0.5, 0.6) is 0 Å². The highest BCUT2D eigenvalue weighted by Gasteiger charge is 2.48. The average Bonchev–Trinajstić information content (AvgIpc) is 3.26. The molecule has 6 heteroatoms. The maximum atomic E-state index is 13.9. The third kappa shape index (κ3) is 2.82. The summed E-state index contributed by atoms with van der Waals surface area (Å²) in [6.45, 7) is 0.833. The molecule has 118 valence electrons. The Balaban J connectivity index is 1.69. The van der Waals surface area contributed by atoms with Crippen LogP contribution < -0.4 is 0 Å². The summed E-state index contributed by atoms with van der Waals surface area (Å²) in [7, 11) is 0. The molecule has 1 saturated carbocycles. The van der Waals surface area contributed by atoms with Crippen molar-refractivity contribution in [2.45, 2.75) is 25.2 Å². The minimum Gasteiger partial charge on any atom is -0.481 e. The van der Waals surface area contributed by atoms with Gasteiger partial charge in [0.05, 0.1) is 5.92 Å². The van der Waals surface area contributed by atoms with Crippen LogP contribution in [-0.2, 0) is 9.59 Å². The molecular formula is C16H17ClFNO3. The molecule has 1 aliphatic heterocycles. The van der Waals surface area contributed by atoms with E-state index in [-0.39, 0.29) is 30.1 Å². The Morgan fingerprint density at radius 2 is 2.14 bits per heavy atom. The van der Waals surface area contributed by atoms with Crippen molar-refractivity contribution < 1.29 is 19.1 Å². The highest BCUT2D eigenvalue weighted by molar-refractivity contribution is 6.31. The summed E-state index contributed by atoms with van der Waals surface area (Å²) in [4.78, 5) is 25.2. The summed E-state index contributed by atoms with van der Waals surface area (Å²) >= 11 is 6.04. The Hall–Kier alpha value is -1.62. The van der Waals surface area contributed by atoms with Crippen LogP contribution in [0, 0.1) is 17.7 Å². The number of likely N-dealkylation sites (tertiary alicyclic amines) is 1. The SMILES string of the molecule is O=C(O)[C@H]1CCCN(C(=O)[C@@H]2C[C@H]2c2c(F)cccc2Cl)C1. The monoisotopic (exact) mass is 325 g/mol. The highest BCUT2D eigenvalue weighted by Crippen LogP contribution is 2.51. The normalized spacial score (nSPS) is 27.5. The molecule has 1 heterocycles. The van der Waals surface area contributed by atoms with Crippen LogP contribution in [0.15, 0.2) is 18.2 Å². The Bertz CT molecular complexity index is 601. The molecule has 0 spiro atoms. The zero-order valence-corrected chi connectivity index (χ0v) is 12.7. The summed E-state index contributed by atoms with van der Waals surface area (Å²) in [5, 5.41) is 9.44. The van der Waals surface area contributed by atoms with Gasteiger partial charge in [0.25, 0.3) is 0 Å². The topological polar surface area (TPSA) is 57.6 Å². The van der Waals surface area contributed by atoms with E-state index in [0.717, 1.165) is 0 Å². The van der Waals surface area contributed by atoms with Crippen molar-refractivity contribution in [3.63, 3.8) is 0 Å². The summed E-state index contributed by atoms with van der Waals surface area (Å²) in [6.07, 6.45) is 1.88. The molecule has 1 aromatic carbocycles. The second-order valence-corrected chi connectivity index (χ2v) is 6.45. The number of halogens is 2. The smallest absolute Gasteiger partial charge is 0.308 e. The first-order valence-electron chi connectivity index (χ1n) is 7.44. The average molecular weight is 326 g/mol. The third-order valence-electron chi connectivity index (χ3n) is 4.56. The fraction of sp³-hybridized carbons (Fsp3) is 0.500. The van der Waals surface area contributed by atoms with Crippen LogP contribution in [0.1, 0.15) is 30.7 Å². The van der Waals surface area contributed by atoms with E-state index in [2.05, 4.69) is 0 Å². The summed E-state index contributed by atoms with van der Waals surface area (Å²) in [5.74, 6) is -2.27. The van der Waals surface area contributed by atoms with Crippen LogP contribution in [0.2, 0.25) is 5.02 Å². The summed E-state index contributed by atoms with van der Waals surface area (Å²) < 4.78 is 13.9. The number of nitrogens with zero attached hydrogens (tertiary/aromatic N) is 1. The molecule has 2 aliphatic rings. The van der Waals surface area contributed by atoms with E-state index < -0.39 is 11.9 Å². The summed E-state index contributed by atoms with van der Waals surface area (Å²) in [6, 6.07) is 4.52. The minimum absolute atomic E-state index is 0.0738. The van der Waals surface area contributed by atoms with E-state index in [1.54, 1.807) is 17.0 Å². The lowest BCUT2D eigenvalue weighted by molar-refractivity contribution is -0.146. The van der Waals surface area contributed by atoms with E-state index in [1.807, 2.05) is 0 Å². The molecule has 0 unspecified atom stereocenters. The van der Waals surface area contributed by atoms with Crippen LogP contribution in [0.4, 0.5) is 4.39 Å². The van der Waals surface area contributed by atoms with E-state index in [0.29, 0.717) is 36.4 Å². The van der Waals surface area contributed by atoms with Gasteiger partial charge in [0.2, 0.25) is 5.91 Å². The first-order valence-corrected chi connectivity index (χ1v) is 7.82. The molecule has 1 saturated heterocycles. The quantitative estimate of drug-likeness (QED) is 0.929. The Labute approximate surface area is 132 Å². The molecule has 1 aromatic rings. The van der Waals surface area contributed by atoms with Gasteiger partial charge in [-0.1, -0.05) is 17.7 Å². The molecule has 3 atom stereocenters. The predicted molar refractivity (Wildman–Crippen MR) is 79.2 cm³/mol. The number of carboxylic acid groups (broad SMARTS) is 1. The number of carboxylic acids is 1.